The van der Waals surface area contributed by atoms with E-state index in [0.717, 1.165) is 11.6 Å². The predicted octanol–water partition coefficient (Wildman–Crippen LogP) is 4.37. The zero-order valence-corrected chi connectivity index (χ0v) is 16.6. The molecular formula is C20H20F3N5O2. The second kappa shape index (κ2) is 8.85. The molecule has 0 aliphatic heterocycles. The van der Waals surface area contributed by atoms with Crippen molar-refractivity contribution in [1.82, 2.24) is 15.0 Å². The molecule has 0 fully saturated rings. The molecule has 0 radical (unpaired) electrons. The molecule has 1 N–H and O–H groups in total. The Morgan fingerprint density at radius 3 is 2.43 bits per heavy atom. The van der Waals surface area contributed by atoms with Crippen LogP contribution in [0.15, 0.2) is 48.7 Å². The van der Waals surface area contributed by atoms with Gasteiger partial charge in [0.1, 0.15) is 17.3 Å². The van der Waals surface area contributed by atoms with E-state index in [0.29, 0.717) is 17.4 Å². The minimum absolute atomic E-state index is 0.120. The van der Waals surface area contributed by atoms with E-state index in [4.69, 9.17) is 9.47 Å². The van der Waals surface area contributed by atoms with Gasteiger partial charge in [0.05, 0.1) is 7.11 Å². The summed E-state index contributed by atoms with van der Waals surface area (Å²) in [4.78, 5) is 13.4. The van der Waals surface area contributed by atoms with Gasteiger partial charge in [0.15, 0.2) is 5.69 Å². The van der Waals surface area contributed by atoms with Crippen LogP contribution < -0.4 is 19.7 Å². The second-order valence-corrected chi connectivity index (χ2v) is 6.47. The van der Waals surface area contributed by atoms with Gasteiger partial charge in [0.25, 0.3) is 0 Å². The third kappa shape index (κ3) is 5.49. The molecule has 0 unspecified atom stereocenters. The number of benzene rings is 1. The van der Waals surface area contributed by atoms with Crippen LogP contribution in [0.4, 0.5) is 24.9 Å². The first-order valence-electron chi connectivity index (χ1n) is 8.89. The van der Waals surface area contributed by atoms with E-state index in [-0.39, 0.29) is 18.3 Å². The fourth-order valence-corrected chi connectivity index (χ4v) is 2.43. The number of methoxy groups -OCH3 is 1. The summed E-state index contributed by atoms with van der Waals surface area (Å²) in [5.74, 6) is 1.63. The average Bonchev–Trinajstić information content (AvgIpc) is 2.72. The zero-order valence-electron chi connectivity index (χ0n) is 16.6. The Labute approximate surface area is 171 Å². The van der Waals surface area contributed by atoms with Crippen molar-refractivity contribution in [1.29, 1.82) is 0 Å². The van der Waals surface area contributed by atoms with Crippen LogP contribution in [0, 0.1) is 0 Å². The Bertz CT molecular complexity index is 994. The van der Waals surface area contributed by atoms with Crippen LogP contribution >= 0.6 is 0 Å². The van der Waals surface area contributed by atoms with Gasteiger partial charge in [-0.2, -0.15) is 18.2 Å². The number of nitrogens with zero attached hydrogens (tertiary/aromatic N) is 4. The van der Waals surface area contributed by atoms with Gasteiger partial charge in [-0.15, -0.1) is 0 Å². The van der Waals surface area contributed by atoms with E-state index >= 15 is 0 Å². The van der Waals surface area contributed by atoms with E-state index in [9.17, 15) is 13.2 Å². The molecule has 3 rings (SSSR count). The molecule has 0 aliphatic rings. The summed E-state index contributed by atoms with van der Waals surface area (Å²) in [5, 5.41) is 2.81. The Kier molecular flexibility index (Phi) is 6.24. The molecule has 0 aliphatic carbocycles. The Balaban J connectivity index is 1.68. The fourth-order valence-electron chi connectivity index (χ4n) is 2.43. The summed E-state index contributed by atoms with van der Waals surface area (Å²) in [6, 6.07) is 11.4. The normalized spacial score (nSPS) is 11.1. The van der Waals surface area contributed by atoms with Crippen LogP contribution in [0.2, 0.25) is 0 Å². The molecular weight excluding hydrogens is 399 g/mol. The smallest absolute Gasteiger partial charge is 0.433 e. The van der Waals surface area contributed by atoms with Gasteiger partial charge in [0, 0.05) is 45.0 Å². The summed E-state index contributed by atoms with van der Waals surface area (Å²) in [5.41, 5.74) is -0.288. The minimum Gasteiger partial charge on any atom is -0.497 e. The maximum Gasteiger partial charge on any atom is 0.433 e. The van der Waals surface area contributed by atoms with Crippen molar-refractivity contribution in [2.24, 2.45) is 0 Å². The summed E-state index contributed by atoms with van der Waals surface area (Å²) in [6.45, 7) is 0.195. The lowest BCUT2D eigenvalue weighted by Gasteiger charge is -2.16. The highest BCUT2D eigenvalue weighted by molar-refractivity contribution is 5.44. The van der Waals surface area contributed by atoms with Gasteiger partial charge in [-0.25, -0.2) is 9.97 Å². The van der Waals surface area contributed by atoms with Gasteiger partial charge in [-0.05, 0) is 17.7 Å². The first-order chi connectivity index (χ1) is 14.2. The summed E-state index contributed by atoms with van der Waals surface area (Å²) < 4.78 is 50.0. The molecule has 0 amide bonds. The minimum atomic E-state index is -4.56. The van der Waals surface area contributed by atoms with Crippen LogP contribution in [-0.2, 0) is 12.7 Å². The molecule has 7 nitrogen and oxygen atoms in total. The molecule has 30 heavy (non-hydrogen) atoms. The number of pyridine rings is 1. The van der Waals surface area contributed by atoms with Crippen molar-refractivity contribution in [2.75, 3.05) is 31.4 Å². The standard InChI is InChI=1S/C20H20F3N5O2/c1-28(2)17-10-16(20(21,22)23)26-19(27-17)25-12-13-7-8-18(24-11-13)30-15-6-4-5-14(9-15)29-3/h4-11H,12H2,1-3H3,(H,25,26,27). The first kappa shape index (κ1) is 21.2. The monoisotopic (exact) mass is 419 g/mol. The predicted molar refractivity (Wildman–Crippen MR) is 106 cm³/mol. The summed E-state index contributed by atoms with van der Waals surface area (Å²) in [6.07, 6.45) is -3.01. The van der Waals surface area contributed by atoms with Crippen LogP contribution in [0.3, 0.4) is 0 Å². The van der Waals surface area contributed by atoms with Gasteiger partial charge >= 0.3 is 6.18 Å². The fraction of sp³-hybridized carbons (Fsp3) is 0.250. The molecule has 1 aromatic carbocycles. The molecule has 158 valence electrons. The Hall–Kier alpha value is -3.56. The van der Waals surface area contributed by atoms with Gasteiger partial charge in [0.2, 0.25) is 11.8 Å². The van der Waals surface area contributed by atoms with Crippen molar-refractivity contribution < 1.29 is 22.6 Å². The van der Waals surface area contributed by atoms with E-state index in [1.54, 1.807) is 63.8 Å². The highest BCUT2D eigenvalue weighted by Gasteiger charge is 2.34. The molecule has 3 aromatic rings. The largest absolute Gasteiger partial charge is 0.497 e. The highest BCUT2D eigenvalue weighted by Crippen LogP contribution is 2.30. The van der Waals surface area contributed by atoms with E-state index in [1.807, 2.05) is 0 Å². The molecule has 0 bridgehead atoms. The third-order valence-electron chi connectivity index (χ3n) is 3.97. The van der Waals surface area contributed by atoms with Crippen LogP contribution in [0.25, 0.3) is 0 Å². The Morgan fingerprint density at radius 2 is 1.80 bits per heavy atom. The average molecular weight is 419 g/mol. The van der Waals surface area contributed by atoms with Gasteiger partial charge in [-0.3, -0.25) is 0 Å². The van der Waals surface area contributed by atoms with Crippen molar-refractivity contribution in [3.63, 3.8) is 0 Å². The molecule has 2 heterocycles. The SMILES string of the molecule is COc1cccc(Oc2ccc(CNc3nc(N(C)C)cc(C(F)(F)F)n3)cn2)c1. The summed E-state index contributed by atoms with van der Waals surface area (Å²) in [7, 11) is 4.78. The number of nitrogens with one attached hydrogen (secondary N) is 1. The van der Waals surface area contributed by atoms with Crippen LogP contribution in [-0.4, -0.2) is 36.2 Å². The number of hydrogen-bond acceptors (Lipinski definition) is 7. The number of halogens is 3. The zero-order chi connectivity index (χ0) is 21.7. The lowest BCUT2D eigenvalue weighted by molar-refractivity contribution is -0.141. The maximum atomic E-state index is 13.1. The van der Waals surface area contributed by atoms with Crippen molar-refractivity contribution in [2.45, 2.75) is 12.7 Å². The van der Waals surface area contributed by atoms with Crippen LogP contribution in [0.5, 0.6) is 17.4 Å². The topological polar surface area (TPSA) is 72.4 Å². The van der Waals surface area contributed by atoms with E-state index in [1.165, 1.54) is 4.90 Å². The van der Waals surface area contributed by atoms with E-state index in [2.05, 4.69) is 20.3 Å². The van der Waals surface area contributed by atoms with Crippen molar-refractivity contribution in [3.8, 4) is 17.4 Å². The molecule has 2 aromatic heterocycles. The van der Waals surface area contributed by atoms with E-state index < -0.39 is 11.9 Å². The lowest BCUT2D eigenvalue weighted by Crippen LogP contribution is -2.17. The van der Waals surface area contributed by atoms with Gasteiger partial charge in [-0.1, -0.05) is 12.1 Å². The number of alkyl halides is 3. The maximum absolute atomic E-state index is 13.1. The molecule has 0 atom stereocenters. The number of rotatable bonds is 7. The Morgan fingerprint density at radius 1 is 1.03 bits per heavy atom. The number of aromatic nitrogens is 3. The molecule has 10 heteroatoms. The highest BCUT2D eigenvalue weighted by atomic mass is 19.4. The van der Waals surface area contributed by atoms with Crippen molar-refractivity contribution >= 4 is 11.8 Å². The number of ether oxygens (including phenoxy) is 2. The quantitative estimate of drug-likeness (QED) is 0.610. The third-order valence-corrected chi connectivity index (χ3v) is 3.97. The van der Waals surface area contributed by atoms with Crippen molar-refractivity contribution in [3.05, 3.63) is 59.9 Å². The second-order valence-electron chi connectivity index (χ2n) is 6.47. The van der Waals surface area contributed by atoms with Crippen LogP contribution in [0.1, 0.15) is 11.3 Å². The lowest BCUT2D eigenvalue weighted by atomic mass is 10.3. The molecule has 0 spiro atoms. The molecule has 0 saturated heterocycles. The summed E-state index contributed by atoms with van der Waals surface area (Å²) >= 11 is 0. The number of hydrogen-bond donors (Lipinski definition) is 1. The first-order valence-corrected chi connectivity index (χ1v) is 8.89. The molecule has 0 saturated carbocycles. The number of anilines is 2. The van der Waals surface area contributed by atoms with Gasteiger partial charge < -0.3 is 19.7 Å².